The third-order valence-electron chi connectivity index (χ3n) is 3.15. The van der Waals surface area contributed by atoms with Crippen molar-refractivity contribution in [3.63, 3.8) is 0 Å². The van der Waals surface area contributed by atoms with Gasteiger partial charge < -0.3 is 10.6 Å². The maximum absolute atomic E-state index is 5.75. The molecule has 1 aliphatic rings. The van der Waals surface area contributed by atoms with Gasteiger partial charge in [-0.05, 0) is 25.8 Å². The summed E-state index contributed by atoms with van der Waals surface area (Å²) in [6.07, 6.45) is 5.77. The van der Waals surface area contributed by atoms with E-state index in [0.717, 1.165) is 19.4 Å². The van der Waals surface area contributed by atoms with E-state index in [4.69, 9.17) is 5.73 Å². The summed E-state index contributed by atoms with van der Waals surface area (Å²) in [4.78, 5) is 14.9. The van der Waals surface area contributed by atoms with E-state index in [-0.39, 0.29) is 5.95 Å². The molecule has 94 valence electrons. The van der Waals surface area contributed by atoms with Crippen molar-refractivity contribution in [3.05, 3.63) is 18.5 Å². The SMILES string of the molecule is CC1CCCN1c1nc(N)nc(-n2cccn2)n1. The van der Waals surface area contributed by atoms with E-state index in [1.54, 1.807) is 17.1 Å². The molecule has 1 aliphatic heterocycles. The van der Waals surface area contributed by atoms with Gasteiger partial charge in [0.2, 0.25) is 11.9 Å². The quantitative estimate of drug-likeness (QED) is 0.835. The summed E-state index contributed by atoms with van der Waals surface area (Å²) in [5.41, 5.74) is 5.75. The molecule has 2 N–H and O–H groups in total. The maximum atomic E-state index is 5.75. The Hall–Kier alpha value is -2.18. The summed E-state index contributed by atoms with van der Waals surface area (Å²) in [5, 5.41) is 4.10. The van der Waals surface area contributed by atoms with Gasteiger partial charge in [0.1, 0.15) is 0 Å². The highest BCUT2D eigenvalue weighted by Crippen LogP contribution is 2.22. The zero-order valence-corrected chi connectivity index (χ0v) is 10.2. The Kier molecular flexibility index (Phi) is 2.58. The molecule has 2 aromatic rings. The summed E-state index contributed by atoms with van der Waals surface area (Å²) in [5.74, 6) is 1.32. The van der Waals surface area contributed by atoms with Gasteiger partial charge in [-0.3, -0.25) is 0 Å². The summed E-state index contributed by atoms with van der Waals surface area (Å²) in [6, 6.07) is 2.26. The minimum atomic E-state index is 0.226. The number of hydrogen-bond donors (Lipinski definition) is 1. The van der Waals surface area contributed by atoms with Gasteiger partial charge in [-0.2, -0.15) is 20.1 Å². The lowest BCUT2D eigenvalue weighted by molar-refractivity contribution is 0.705. The lowest BCUT2D eigenvalue weighted by Gasteiger charge is -2.21. The zero-order chi connectivity index (χ0) is 12.5. The average Bonchev–Trinajstić information content (AvgIpc) is 2.98. The largest absolute Gasteiger partial charge is 0.368 e. The van der Waals surface area contributed by atoms with E-state index in [9.17, 15) is 0 Å². The number of anilines is 2. The van der Waals surface area contributed by atoms with Crippen LogP contribution in [0.2, 0.25) is 0 Å². The first-order chi connectivity index (χ1) is 8.74. The molecule has 0 bridgehead atoms. The summed E-state index contributed by atoms with van der Waals surface area (Å²) in [6.45, 7) is 3.13. The van der Waals surface area contributed by atoms with Gasteiger partial charge in [0.15, 0.2) is 0 Å². The van der Waals surface area contributed by atoms with Crippen LogP contribution in [0.1, 0.15) is 19.8 Å². The molecule has 0 amide bonds. The standard InChI is InChI=1S/C11H15N7/c1-8-4-2-6-17(8)10-14-9(12)15-11(16-10)18-7-3-5-13-18/h3,5,7-8H,2,4,6H2,1H3,(H2,12,14,15,16). The molecule has 0 saturated carbocycles. The van der Waals surface area contributed by atoms with Gasteiger partial charge in [-0.15, -0.1) is 0 Å². The van der Waals surface area contributed by atoms with E-state index >= 15 is 0 Å². The normalized spacial score (nSPS) is 19.4. The number of nitrogens with two attached hydrogens (primary N) is 1. The Morgan fingerprint density at radius 1 is 1.28 bits per heavy atom. The van der Waals surface area contributed by atoms with Crippen LogP contribution in [-0.4, -0.2) is 37.3 Å². The Morgan fingerprint density at radius 2 is 2.11 bits per heavy atom. The van der Waals surface area contributed by atoms with Crippen LogP contribution in [0.25, 0.3) is 5.95 Å². The zero-order valence-electron chi connectivity index (χ0n) is 10.2. The van der Waals surface area contributed by atoms with E-state index in [1.165, 1.54) is 0 Å². The molecule has 0 aliphatic carbocycles. The van der Waals surface area contributed by atoms with Crippen LogP contribution < -0.4 is 10.6 Å². The maximum Gasteiger partial charge on any atom is 0.257 e. The van der Waals surface area contributed by atoms with Crippen molar-refractivity contribution in [2.75, 3.05) is 17.2 Å². The number of aromatic nitrogens is 5. The highest BCUT2D eigenvalue weighted by molar-refractivity contribution is 5.39. The van der Waals surface area contributed by atoms with E-state index in [2.05, 4.69) is 31.9 Å². The van der Waals surface area contributed by atoms with Gasteiger partial charge in [-0.25, -0.2) is 4.68 Å². The van der Waals surface area contributed by atoms with E-state index < -0.39 is 0 Å². The fourth-order valence-electron chi connectivity index (χ4n) is 2.22. The lowest BCUT2D eigenvalue weighted by atomic mass is 10.2. The minimum absolute atomic E-state index is 0.226. The first-order valence-electron chi connectivity index (χ1n) is 6.02. The molecule has 0 spiro atoms. The highest BCUT2D eigenvalue weighted by Gasteiger charge is 2.23. The van der Waals surface area contributed by atoms with E-state index in [0.29, 0.717) is 17.9 Å². The minimum Gasteiger partial charge on any atom is -0.368 e. The van der Waals surface area contributed by atoms with Crippen LogP contribution in [0.5, 0.6) is 0 Å². The lowest BCUT2D eigenvalue weighted by Crippen LogP contribution is -2.29. The summed E-state index contributed by atoms with van der Waals surface area (Å²) >= 11 is 0. The van der Waals surface area contributed by atoms with E-state index in [1.807, 2.05) is 6.07 Å². The predicted molar refractivity (Wildman–Crippen MR) is 67.4 cm³/mol. The van der Waals surface area contributed by atoms with Crippen LogP contribution in [-0.2, 0) is 0 Å². The molecule has 1 unspecified atom stereocenters. The Labute approximate surface area is 105 Å². The van der Waals surface area contributed by atoms with Gasteiger partial charge in [-0.1, -0.05) is 0 Å². The molecular formula is C11H15N7. The number of rotatable bonds is 2. The molecule has 2 aromatic heterocycles. The Balaban J connectivity index is 2.01. The van der Waals surface area contributed by atoms with Gasteiger partial charge in [0.05, 0.1) is 0 Å². The molecule has 0 radical (unpaired) electrons. The molecule has 1 fully saturated rings. The van der Waals surface area contributed by atoms with Crippen molar-refractivity contribution in [2.45, 2.75) is 25.8 Å². The summed E-state index contributed by atoms with van der Waals surface area (Å²) in [7, 11) is 0. The van der Waals surface area contributed by atoms with Crippen molar-refractivity contribution >= 4 is 11.9 Å². The second kappa shape index (κ2) is 4.25. The molecule has 3 heterocycles. The van der Waals surface area contributed by atoms with Gasteiger partial charge in [0.25, 0.3) is 5.95 Å². The van der Waals surface area contributed by atoms with Crippen LogP contribution >= 0.6 is 0 Å². The number of nitrogens with zero attached hydrogens (tertiary/aromatic N) is 6. The monoisotopic (exact) mass is 245 g/mol. The summed E-state index contributed by atoms with van der Waals surface area (Å²) < 4.78 is 1.59. The van der Waals surface area contributed by atoms with Crippen LogP contribution in [0.3, 0.4) is 0 Å². The molecule has 0 aromatic carbocycles. The average molecular weight is 245 g/mol. The van der Waals surface area contributed by atoms with Crippen LogP contribution in [0.4, 0.5) is 11.9 Å². The topological polar surface area (TPSA) is 85.8 Å². The van der Waals surface area contributed by atoms with Crippen molar-refractivity contribution < 1.29 is 0 Å². The van der Waals surface area contributed by atoms with Gasteiger partial charge in [0, 0.05) is 25.0 Å². The van der Waals surface area contributed by atoms with Crippen LogP contribution in [0, 0.1) is 0 Å². The van der Waals surface area contributed by atoms with Gasteiger partial charge >= 0.3 is 0 Å². The second-order valence-electron chi connectivity index (χ2n) is 4.43. The molecule has 3 rings (SSSR count). The van der Waals surface area contributed by atoms with Crippen molar-refractivity contribution in [2.24, 2.45) is 0 Å². The Morgan fingerprint density at radius 3 is 2.78 bits per heavy atom. The molecule has 1 saturated heterocycles. The van der Waals surface area contributed by atoms with Crippen molar-refractivity contribution in [3.8, 4) is 5.95 Å². The highest BCUT2D eigenvalue weighted by atomic mass is 15.4. The Bertz CT molecular complexity index is 536. The number of hydrogen-bond acceptors (Lipinski definition) is 6. The molecule has 18 heavy (non-hydrogen) atoms. The first kappa shape index (κ1) is 10.9. The second-order valence-corrected chi connectivity index (χ2v) is 4.43. The smallest absolute Gasteiger partial charge is 0.257 e. The fraction of sp³-hybridized carbons (Fsp3) is 0.455. The molecule has 7 nitrogen and oxygen atoms in total. The fourth-order valence-corrected chi connectivity index (χ4v) is 2.22. The molecule has 1 atom stereocenters. The molecular weight excluding hydrogens is 230 g/mol. The van der Waals surface area contributed by atoms with Crippen molar-refractivity contribution in [1.82, 2.24) is 24.7 Å². The first-order valence-corrected chi connectivity index (χ1v) is 6.02. The number of nitrogen functional groups attached to an aromatic ring is 1. The third-order valence-corrected chi connectivity index (χ3v) is 3.15. The predicted octanol–water partition coefficient (Wildman–Crippen LogP) is 0.628. The molecule has 7 heteroatoms. The van der Waals surface area contributed by atoms with Crippen molar-refractivity contribution in [1.29, 1.82) is 0 Å². The van der Waals surface area contributed by atoms with Crippen LogP contribution in [0.15, 0.2) is 18.5 Å². The third kappa shape index (κ3) is 1.87.